The van der Waals surface area contributed by atoms with Gasteiger partial charge in [-0.2, -0.15) is 0 Å². The second-order valence-electron chi connectivity index (χ2n) is 15.3. The summed E-state index contributed by atoms with van der Waals surface area (Å²) in [6, 6.07) is 0. The number of esters is 2. The van der Waals surface area contributed by atoms with Gasteiger partial charge in [-0.25, -0.2) is 0 Å². The molecule has 5 heteroatoms. The molecule has 330 valence electrons. The van der Waals surface area contributed by atoms with Crippen LogP contribution in [-0.2, 0) is 23.8 Å². The molecule has 1 unspecified atom stereocenters. The fraction of sp³-hybridized carbons (Fsp3) is 0.660. The summed E-state index contributed by atoms with van der Waals surface area (Å²) in [5, 5.41) is 0. The standard InChI is InChI=1S/C53H88O5/c1-4-7-10-13-16-18-20-22-24-26-28-30-32-34-36-39-42-45-48-56-49-51(58-53(55)47-44-41-37-15-12-9-6-3)50-57-52(54)46-43-40-38-35-33-31-29-27-25-23-21-19-17-14-11-8-5-2/h7-8,10-11,16-19,22-25,29,31,35,38,51H,4-6,9,12-15,20-21,26-28,30,32-34,36-37,39-50H2,1-3H3/b10-7-,11-8-,18-16-,19-17-,24-22-,25-23-,31-29-,38-35-. The van der Waals surface area contributed by atoms with Crippen molar-refractivity contribution >= 4 is 11.9 Å². The van der Waals surface area contributed by atoms with Gasteiger partial charge in [0.1, 0.15) is 6.61 Å². The lowest BCUT2D eigenvalue weighted by Crippen LogP contribution is -2.30. The van der Waals surface area contributed by atoms with E-state index in [0.717, 1.165) is 96.3 Å². The molecule has 0 aromatic rings. The largest absolute Gasteiger partial charge is 0.462 e. The van der Waals surface area contributed by atoms with Crippen LogP contribution in [0.5, 0.6) is 0 Å². The Morgan fingerprint density at radius 3 is 1.29 bits per heavy atom. The Morgan fingerprint density at radius 1 is 0.397 bits per heavy atom. The molecule has 0 radical (unpaired) electrons. The van der Waals surface area contributed by atoms with Crippen molar-refractivity contribution in [1.82, 2.24) is 0 Å². The average Bonchev–Trinajstić information content (AvgIpc) is 3.22. The highest BCUT2D eigenvalue weighted by atomic mass is 16.6. The minimum Gasteiger partial charge on any atom is -0.462 e. The minimum atomic E-state index is -0.564. The van der Waals surface area contributed by atoms with Gasteiger partial charge in [-0.1, -0.05) is 195 Å². The second-order valence-corrected chi connectivity index (χ2v) is 15.3. The molecule has 0 heterocycles. The molecule has 0 saturated heterocycles. The van der Waals surface area contributed by atoms with Crippen molar-refractivity contribution in [3.05, 3.63) is 97.2 Å². The van der Waals surface area contributed by atoms with E-state index in [1.807, 2.05) is 0 Å². The Hall–Kier alpha value is -3.18. The van der Waals surface area contributed by atoms with Crippen LogP contribution in [-0.4, -0.2) is 37.9 Å². The maximum atomic E-state index is 12.6. The lowest BCUT2D eigenvalue weighted by atomic mass is 10.1. The predicted octanol–water partition coefficient (Wildman–Crippen LogP) is 15.9. The molecule has 0 aliphatic rings. The van der Waals surface area contributed by atoms with Crippen LogP contribution in [0.4, 0.5) is 0 Å². The van der Waals surface area contributed by atoms with E-state index >= 15 is 0 Å². The summed E-state index contributed by atoms with van der Waals surface area (Å²) in [6.07, 6.45) is 64.3. The van der Waals surface area contributed by atoms with Gasteiger partial charge >= 0.3 is 11.9 Å². The maximum Gasteiger partial charge on any atom is 0.306 e. The summed E-state index contributed by atoms with van der Waals surface area (Å²) < 4.78 is 17.2. The molecule has 0 bridgehead atoms. The SMILES string of the molecule is CC/C=C\C/C=C\C/C=C\C/C=C\C/C=C\CCCC(=O)OCC(COCCCCCCCCCC/C=C\C/C=C\C/C=C\CC)OC(=O)CCCCCCCCC. The summed E-state index contributed by atoms with van der Waals surface area (Å²) in [6.45, 7) is 7.48. The quantitative estimate of drug-likeness (QED) is 0.0349. The molecule has 1 atom stereocenters. The van der Waals surface area contributed by atoms with Crippen molar-refractivity contribution in [2.75, 3.05) is 19.8 Å². The van der Waals surface area contributed by atoms with Crippen LogP contribution in [0.3, 0.4) is 0 Å². The van der Waals surface area contributed by atoms with Gasteiger partial charge < -0.3 is 14.2 Å². The van der Waals surface area contributed by atoms with Crippen molar-refractivity contribution < 1.29 is 23.8 Å². The molecular formula is C53H88O5. The molecule has 0 aromatic carbocycles. The zero-order valence-corrected chi connectivity index (χ0v) is 37.8. The Labute approximate surface area is 358 Å². The predicted molar refractivity (Wildman–Crippen MR) is 251 cm³/mol. The minimum absolute atomic E-state index is 0.0487. The zero-order valence-electron chi connectivity index (χ0n) is 37.8. The molecule has 0 aliphatic carbocycles. The van der Waals surface area contributed by atoms with E-state index in [1.54, 1.807) is 0 Å². The number of carbonyl (C=O) groups excluding carboxylic acids is 2. The van der Waals surface area contributed by atoms with Crippen molar-refractivity contribution in [2.24, 2.45) is 0 Å². The van der Waals surface area contributed by atoms with Crippen molar-refractivity contribution in [2.45, 2.75) is 207 Å². The normalized spacial score (nSPS) is 13.1. The molecule has 0 N–H and O–H groups in total. The molecule has 58 heavy (non-hydrogen) atoms. The molecule has 0 rings (SSSR count). The molecule has 0 aromatic heterocycles. The topological polar surface area (TPSA) is 61.8 Å². The van der Waals surface area contributed by atoms with Crippen LogP contribution in [0, 0.1) is 0 Å². The monoisotopic (exact) mass is 805 g/mol. The second kappa shape index (κ2) is 48.2. The van der Waals surface area contributed by atoms with E-state index in [0.29, 0.717) is 19.4 Å². The number of hydrogen-bond donors (Lipinski definition) is 0. The Kier molecular flexibility index (Phi) is 45.5. The molecule has 0 amide bonds. The highest BCUT2D eigenvalue weighted by Crippen LogP contribution is 2.12. The number of allylic oxidation sites excluding steroid dienone is 16. The summed E-state index contributed by atoms with van der Waals surface area (Å²) in [4.78, 5) is 25.2. The summed E-state index contributed by atoms with van der Waals surface area (Å²) in [5.74, 6) is -0.480. The summed E-state index contributed by atoms with van der Waals surface area (Å²) in [7, 11) is 0. The van der Waals surface area contributed by atoms with Gasteiger partial charge in [-0.15, -0.1) is 0 Å². The van der Waals surface area contributed by atoms with E-state index in [1.165, 1.54) is 70.6 Å². The van der Waals surface area contributed by atoms with E-state index in [2.05, 4.69) is 118 Å². The zero-order chi connectivity index (χ0) is 42.1. The lowest BCUT2D eigenvalue weighted by Gasteiger charge is -2.18. The average molecular weight is 805 g/mol. The molecule has 0 spiro atoms. The highest BCUT2D eigenvalue weighted by molar-refractivity contribution is 5.70. The number of unbranched alkanes of at least 4 members (excludes halogenated alkanes) is 15. The van der Waals surface area contributed by atoms with E-state index < -0.39 is 6.10 Å². The first-order chi connectivity index (χ1) is 28.6. The van der Waals surface area contributed by atoms with E-state index in [4.69, 9.17) is 14.2 Å². The molecule has 0 saturated carbocycles. The fourth-order valence-electron chi connectivity index (χ4n) is 6.15. The first kappa shape index (κ1) is 54.8. The van der Waals surface area contributed by atoms with Crippen molar-refractivity contribution in [3.8, 4) is 0 Å². The van der Waals surface area contributed by atoms with Crippen LogP contribution < -0.4 is 0 Å². The number of rotatable bonds is 42. The number of carbonyl (C=O) groups is 2. The molecule has 5 nitrogen and oxygen atoms in total. The molecule has 0 fully saturated rings. The van der Waals surface area contributed by atoms with Gasteiger partial charge in [0.15, 0.2) is 6.10 Å². The van der Waals surface area contributed by atoms with Crippen LogP contribution in [0.2, 0.25) is 0 Å². The Morgan fingerprint density at radius 2 is 0.793 bits per heavy atom. The third-order valence-electron chi connectivity index (χ3n) is 9.62. The third-order valence-corrected chi connectivity index (χ3v) is 9.62. The number of ether oxygens (including phenoxy) is 3. The van der Waals surface area contributed by atoms with E-state index in [9.17, 15) is 9.59 Å². The lowest BCUT2D eigenvalue weighted by molar-refractivity contribution is -0.163. The van der Waals surface area contributed by atoms with Crippen LogP contribution >= 0.6 is 0 Å². The van der Waals surface area contributed by atoms with Crippen LogP contribution in [0.1, 0.15) is 201 Å². The Balaban J connectivity index is 4.25. The first-order valence-electron chi connectivity index (χ1n) is 23.8. The highest BCUT2D eigenvalue weighted by Gasteiger charge is 2.17. The van der Waals surface area contributed by atoms with E-state index in [-0.39, 0.29) is 25.2 Å². The molecule has 0 aliphatic heterocycles. The fourth-order valence-corrected chi connectivity index (χ4v) is 6.15. The molecular weight excluding hydrogens is 717 g/mol. The first-order valence-corrected chi connectivity index (χ1v) is 23.8. The van der Waals surface area contributed by atoms with Gasteiger partial charge in [0.05, 0.1) is 6.61 Å². The summed E-state index contributed by atoms with van der Waals surface area (Å²) >= 11 is 0. The van der Waals surface area contributed by atoms with Gasteiger partial charge in [0.25, 0.3) is 0 Å². The van der Waals surface area contributed by atoms with Gasteiger partial charge in [0.2, 0.25) is 0 Å². The van der Waals surface area contributed by atoms with Crippen molar-refractivity contribution in [1.29, 1.82) is 0 Å². The maximum absolute atomic E-state index is 12.6. The van der Waals surface area contributed by atoms with Gasteiger partial charge in [-0.05, 0) is 89.9 Å². The van der Waals surface area contributed by atoms with Crippen LogP contribution in [0.25, 0.3) is 0 Å². The summed E-state index contributed by atoms with van der Waals surface area (Å²) in [5.41, 5.74) is 0. The van der Waals surface area contributed by atoms with Gasteiger partial charge in [-0.3, -0.25) is 9.59 Å². The smallest absolute Gasteiger partial charge is 0.306 e. The third kappa shape index (κ3) is 45.5. The van der Waals surface area contributed by atoms with Crippen LogP contribution in [0.15, 0.2) is 97.2 Å². The van der Waals surface area contributed by atoms with Crippen molar-refractivity contribution in [3.63, 3.8) is 0 Å². The number of hydrogen-bond acceptors (Lipinski definition) is 5. The Bertz CT molecular complexity index is 1140. The van der Waals surface area contributed by atoms with Gasteiger partial charge in [0, 0.05) is 19.4 Å².